The first-order valence-corrected chi connectivity index (χ1v) is 10.0. The van der Waals surface area contributed by atoms with Crippen LogP contribution in [0.1, 0.15) is 30.7 Å². The second-order valence-corrected chi connectivity index (χ2v) is 8.38. The summed E-state index contributed by atoms with van der Waals surface area (Å²) in [5.41, 5.74) is 9.38. The molecular weight excluding hydrogens is 431 g/mol. The van der Waals surface area contributed by atoms with Crippen LogP contribution in [-0.4, -0.2) is 28.0 Å². The van der Waals surface area contributed by atoms with Gasteiger partial charge in [0.15, 0.2) is 0 Å². The lowest BCUT2D eigenvalue weighted by Crippen LogP contribution is -2.45. The van der Waals surface area contributed by atoms with Gasteiger partial charge in [0.1, 0.15) is 0 Å². The summed E-state index contributed by atoms with van der Waals surface area (Å²) in [5.74, 6) is -0.135. The molecule has 3 aromatic rings. The molecule has 0 saturated carbocycles. The summed E-state index contributed by atoms with van der Waals surface area (Å²) in [7, 11) is 0. The van der Waals surface area contributed by atoms with Crippen LogP contribution < -0.4 is 11.1 Å². The fraction of sp³-hybridized carbons (Fsp3) is 0.333. The SMILES string of the molecule is CC(C)(CNC(=O)[C@@H](N)Cc1cn(Cc2ccccc2)cn1)Cc1ccccc1.Cl.Cl. The Hall–Kier alpha value is -2.34. The molecular formula is C24H32Cl2N4O. The molecule has 1 aromatic heterocycles. The van der Waals surface area contributed by atoms with Crippen LogP contribution >= 0.6 is 24.8 Å². The number of carbonyl (C=O) groups is 1. The van der Waals surface area contributed by atoms with Crippen LogP contribution in [0.5, 0.6) is 0 Å². The Kier molecular flexibility index (Phi) is 10.8. The van der Waals surface area contributed by atoms with E-state index in [1.54, 1.807) is 6.33 Å². The molecule has 5 nitrogen and oxygen atoms in total. The summed E-state index contributed by atoms with van der Waals surface area (Å²) in [6.45, 7) is 5.63. The first kappa shape index (κ1) is 26.7. The summed E-state index contributed by atoms with van der Waals surface area (Å²) in [6.07, 6.45) is 5.06. The standard InChI is InChI=1S/C24H30N4O.2ClH/c1-24(2,14-19-9-5-3-6-10-19)17-26-23(29)22(25)13-21-16-28(18-27-21)15-20-11-7-4-8-12-20;;/h3-12,16,18,22H,13-15,17,25H2,1-2H3,(H,26,29);2*1H/t22-;;/m0../s1. The highest BCUT2D eigenvalue weighted by molar-refractivity contribution is 5.85. The molecule has 3 rings (SSSR count). The maximum Gasteiger partial charge on any atom is 0.237 e. The van der Waals surface area contributed by atoms with Crippen molar-refractivity contribution in [3.8, 4) is 0 Å². The number of aromatic nitrogens is 2. The molecule has 7 heteroatoms. The zero-order valence-corrected chi connectivity index (χ0v) is 19.7. The van der Waals surface area contributed by atoms with E-state index in [0.29, 0.717) is 13.0 Å². The highest BCUT2D eigenvalue weighted by Gasteiger charge is 2.22. The van der Waals surface area contributed by atoms with E-state index in [4.69, 9.17) is 5.73 Å². The number of nitrogens with zero attached hydrogens (tertiary/aromatic N) is 2. The average Bonchev–Trinajstić information content (AvgIpc) is 3.14. The molecule has 1 atom stereocenters. The van der Waals surface area contributed by atoms with E-state index in [9.17, 15) is 4.79 Å². The van der Waals surface area contributed by atoms with Crippen LogP contribution in [0.2, 0.25) is 0 Å². The van der Waals surface area contributed by atoms with Gasteiger partial charge in [-0.15, -0.1) is 24.8 Å². The Morgan fingerprint density at radius 2 is 1.61 bits per heavy atom. The van der Waals surface area contributed by atoms with E-state index in [0.717, 1.165) is 18.7 Å². The maximum atomic E-state index is 12.5. The predicted octanol–water partition coefficient (Wildman–Crippen LogP) is 4.03. The molecule has 1 amide bonds. The fourth-order valence-corrected chi connectivity index (χ4v) is 3.38. The minimum atomic E-state index is -0.609. The smallest absolute Gasteiger partial charge is 0.237 e. The molecule has 0 radical (unpaired) electrons. The molecule has 0 unspecified atom stereocenters. The zero-order valence-electron chi connectivity index (χ0n) is 18.0. The van der Waals surface area contributed by atoms with Crippen molar-refractivity contribution in [2.24, 2.45) is 11.1 Å². The highest BCUT2D eigenvalue weighted by atomic mass is 35.5. The summed E-state index contributed by atoms with van der Waals surface area (Å²) < 4.78 is 2.01. The predicted molar refractivity (Wildman–Crippen MR) is 131 cm³/mol. The van der Waals surface area contributed by atoms with Gasteiger partial charge in [-0.1, -0.05) is 74.5 Å². The number of amides is 1. The third-order valence-corrected chi connectivity index (χ3v) is 4.93. The van der Waals surface area contributed by atoms with E-state index in [1.165, 1.54) is 11.1 Å². The molecule has 31 heavy (non-hydrogen) atoms. The first-order valence-electron chi connectivity index (χ1n) is 10.0. The number of hydrogen-bond acceptors (Lipinski definition) is 3. The number of nitrogens with two attached hydrogens (primary N) is 1. The molecule has 0 saturated heterocycles. The summed E-state index contributed by atoms with van der Waals surface area (Å²) in [5, 5.41) is 3.01. The molecule has 0 spiro atoms. The molecule has 0 bridgehead atoms. The van der Waals surface area contributed by atoms with Crippen LogP contribution in [0, 0.1) is 5.41 Å². The van der Waals surface area contributed by atoms with E-state index in [1.807, 2.05) is 47.2 Å². The summed E-state index contributed by atoms with van der Waals surface area (Å²) in [4.78, 5) is 16.9. The van der Waals surface area contributed by atoms with Crippen molar-refractivity contribution < 1.29 is 4.79 Å². The van der Waals surface area contributed by atoms with Gasteiger partial charge >= 0.3 is 0 Å². The minimum Gasteiger partial charge on any atom is -0.354 e. The Morgan fingerprint density at radius 3 is 2.23 bits per heavy atom. The first-order chi connectivity index (χ1) is 13.9. The third-order valence-electron chi connectivity index (χ3n) is 4.93. The van der Waals surface area contributed by atoms with Crippen LogP contribution in [0.15, 0.2) is 73.2 Å². The van der Waals surface area contributed by atoms with E-state index < -0.39 is 6.04 Å². The number of nitrogens with one attached hydrogen (secondary N) is 1. The second kappa shape index (κ2) is 12.5. The molecule has 3 N–H and O–H groups in total. The highest BCUT2D eigenvalue weighted by Crippen LogP contribution is 2.20. The molecule has 1 heterocycles. The van der Waals surface area contributed by atoms with Crippen LogP contribution in [-0.2, 0) is 24.2 Å². The van der Waals surface area contributed by atoms with Crippen molar-refractivity contribution in [3.63, 3.8) is 0 Å². The van der Waals surface area contributed by atoms with Crippen molar-refractivity contribution in [1.29, 1.82) is 0 Å². The monoisotopic (exact) mass is 462 g/mol. The molecule has 0 aliphatic rings. The van der Waals surface area contributed by atoms with Crippen LogP contribution in [0.3, 0.4) is 0 Å². The summed E-state index contributed by atoms with van der Waals surface area (Å²) in [6, 6.07) is 19.9. The lowest BCUT2D eigenvalue weighted by molar-refractivity contribution is -0.122. The number of benzene rings is 2. The lowest BCUT2D eigenvalue weighted by Gasteiger charge is -2.26. The largest absolute Gasteiger partial charge is 0.354 e. The lowest BCUT2D eigenvalue weighted by atomic mass is 9.85. The topological polar surface area (TPSA) is 72.9 Å². The van der Waals surface area contributed by atoms with Crippen LogP contribution in [0.25, 0.3) is 0 Å². The third kappa shape index (κ3) is 8.74. The average molecular weight is 463 g/mol. The quantitative estimate of drug-likeness (QED) is 0.503. The van der Waals surface area contributed by atoms with Gasteiger partial charge in [-0.2, -0.15) is 0 Å². The zero-order chi connectivity index (χ0) is 20.7. The van der Waals surface area contributed by atoms with Crippen molar-refractivity contribution >= 4 is 30.7 Å². The maximum absolute atomic E-state index is 12.5. The van der Waals surface area contributed by atoms with Crippen molar-refractivity contribution in [1.82, 2.24) is 14.9 Å². The Morgan fingerprint density at radius 1 is 1.03 bits per heavy atom. The van der Waals surface area contributed by atoms with Gasteiger partial charge in [-0.25, -0.2) is 4.98 Å². The van der Waals surface area contributed by atoms with Gasteiger partial charge in [0.25, 0.3) is 0 Å². The number of rotatable bonds is 9. The number of hydrogen-bond donors (Lipinski definition) is 2. The molecule has 2 aromatic carbocycles. The van der Waals surface area contributed by atoms with Gasteiger partial charge in [0, 0.05) is 25.7 Å². The Bertz CT molecular complexity index is 914. The van der Waals surface area contributed by atoms with Crippen molar-refractivity contribution in [3.05, 3.63) is 90.0 Å². The molecule has 168 valence electrons. The Balaban J connectivity index is 0.00000240. The van der Waals surface area contributed by atoms with Gasteiger partial charge in [-0.3, -0.25) is 4.79 Å². The second-order valence-electron chi connectivity index (χ2n) is 8.38. The number of imidazole rings is 1. The van der Waals surface area contributed by atoms with Crippen molar-refractivity contribution in [2.75, 3.05) is 6.54 Å². The van der Waals surface area contributed by atoms with Gasteiger partial charge < -0.3 is 15.6 Å². The van der Waals surface area contributed by atoms with E-state index >= 15 is 0 Å². The normalized spacial score (nSPS) is 11.7. The van der Waals surface area contributed by atoms with E-state index in [2.05, 4.69) is 48.4 Å². The van der Waals surface area contributed by atoms with Crippen LogP contribution in [0.4, 0.5) is 0 Å². The van der Waals surface area contributed by atoms with Gasteiger partial charge in [0.05, 0.1) is 18.1 Å². The van der Waals surface area contributed by atoms with E-state index in [-0.39, 0.29) is 36.1 Å². The number of carbonyl (C=O) groups excluding carboxylic acids is 1. The van der Waals surface area contributed by atoms with Crippen molar-refractivity contribution in [2.45, 2.75) is 39.3 Å². The number of halogens is 2. The molecule has 0 aliphatic carbocycles. The fourth-order valence-electron chi connectivity index (χ4n) is 3.38. The molecule has 0 fully saturated rings. The molecule has 0 aliphatic heterocycles. The Labute approximate surface area is 197 Å². The van der Waals surface area contributed by atoms with Gasteiger partial charge in [-0.05, 0) is 23.0 Å². The summed E-state index contributed by atoms with van der Waals surface area (Å²) >= 11 is 0. The van der Waals surface area contributed by atoms with Gasteiger partial charge in [0.2, 0.25) is 5.91 Å². The minimum absolute atomic E-state index is 0.